The summed E-state index contributed by atoms with van der Waals surface area (Å²) in [5, 5.41) is 11.8. The fourth-order valence-electron chi connectivity index (χ4n) is 1.61. The van der Waals surface area contributed by atoms with Crippen molar-refractivity contribution in [2.75, 3.05) is 31.2 Å². The zero-order valence-corrected chi connectivity index (χ0v) is 11.8. The number of nitrogens with one attached hydrogen (secondary N) is 2. The van der Waals surface area contributed by atoms with E-state index in [1.54, 1.807) is 6.07 Å². The second-order valence-electron chi connectivity index (χ2n) is 4.17. The lowest BCUT2D eigenvalue weighted by Crippen LogP contribution is -2.19. The Balaban J connectivity index is 2.70. The second kappa shape index (κ2) is 7.32. The lowest BCUT2D eigenvalue weighted by Gasteiger charge is -2.11. The van der Waals surface area contributed by atoms with E-state index in [1.165, 1.54) is 19.2 Å². The maximum absolute atomic E-state index is 11.7. The Morgan fingerprint density at radius 3 is 2.63 bits per heavy atom. The normalized spacial score (nSPS) is 11.5. The van der Waals surface area contributed by atoms with Crippen LogP contribution in [-0.2, 0) is 10.0 Å². The van der Waals surface area contributed by atoms with E-state index in [9.17, 15) is 8.42 Å². The van der Waals surface area contributed by atoms with Crippen LogP contribution in [0.4, 0.5) is 11.4 Å². The van der Waals surface area contributed by atoms with Gasteiger partial charge in [0, 0.05) is 13.2 Å². The monoisotopic (exact) mass is 287 g/mol. The summed E-state index contributed by atoms with van der Waals surface area (Å²) in [5.41, 5.74) is 6.92. The predicted octanol–water partition coefficient (Wildman–Crippen LogP) is 0.751. The van der Waals surface area contributed by atoms with Gasteiger partial charge in [-0.25, -0.2) is 13.1 Å². The summed E-state index contributed by atoms with van der Waals surface area (Å²) in [6.45, 7) is 0.880. The van der Waals surface area contributed by atoms with Gasteiger partial charge in [-0.3, -0.25) is 0 Å². The third-order valence-corrected chi connectivity index (χ3v) is 4.17. The smallest absolute Gasteiger partial charge is 0.240 e. The molecule has 0 aliphatic carbocycles. The van der Waals surface area contributed by atoms with Gasteiger partial charge in [-0.05, 0) is 44.5 Å². The summed E-state index contributed by atoms with van der Waals surface area (Å²) in [6.07, 6.45) is 2.58. The second-order valence-corrected chi connectivity index (χ2v) is 6.05. The van der Waals surface area contributed by atoms with E-state index in [0.717, 1.165) is 19.3 Å². The van der Waals surface area contributed by atoms with Crippen LogP contribution in [0.25, 0.3) is 0 Å². The van der Waals surface area contributed by atoms with Crippen LogP contribution < -0.4 is 15.8 Å². The minimum absolute atomic E-state index is 0.182. The predicted molar refractivity (Wildman–Crippen MR) is 76.5 cm³/mol. The molecule has 5 N–H and O–H groups in total. The Morgan fingerprint density at radius 2 is 2.00 bits per heavy atom. The molecule has 6 nitrogen and oxygen atoms in total. The first-order valence-corrected chi connectivity index (χ1v) is 7.67. The highest BCUT2D eigenvalue weighted by atomic mass is 32.2. The minimum atomic E-state index is -3.46. The van der Waals surface area contributed by atoms with Crippen LogP contribution in [0.2, 0.25) is 0 Å². The van der Waals surface area contributed by atoms with Gasteiger partial charge in [-0.2, -0.15) is 0 Å². The fourth-order valence-corrected chi connectivity index (χ4v) is 2.37. The molecule has 0 spiro atoms. The highest BCUT2D eigenvalue weighted by Crippen LogP contribution is 2.22. The van der Waals surface area contributed by atoms with Crippen LogP contribution in [0.3, 0.4) is 0 Å². The van der Waals surface area contributed by atoms with Crippen LogP contribution in [0.1, 0.15) is 19.3 Å². The third-order valence-electron chi connectivity index (χ3n) is 2.75. The molecule has 0 unspecified atom stereocenters. The highest BCUT2D eigenvalue weighted by Gasteiger charge is 2.12. The van der Waals surface area contributed by atoms with Crippen molar-refractivity contribution in [3.8, 4) is 0 Å². The van der Waals surface area contributed by atoms with Gasteiger partial charge >= 0.3 is 0 Å². The number of nitrogen functional groups attached to an aromatic ring is 1. The molecule has 7 heteroatoms. The minimum Gasteiger partial charge on any atom is -0.397 e. The highest BCUT2D eigenvalue weighted by molar-refractivity contribution is 7.89. The molecule has 0 bridgehead atoms. The van der Waals surface area contributed by atoms with E-state index in [0.29, 0.717) is 17.9 Å². The topological polar surface area (TPSA) is 104 Å². The first-order valence-electron chi connectivity index (χ1n) is 6.19. The van der Waals surface area contributed by atoms with Crippen molar-refractivity contribution < 1.29 is 13.5 Å². The summed E-state index contributed by atoms with van der Waals surface area (Å²) in [4.78, 5) is 0.182. The molecule has 0 radical (unpaired) electrons. The number of hydrogen-bond acceptors (Lipinski definition) is 5. The Labute approximate surface area is 114 Å². The first kappa shape index (κ1) is 15.7. The molecular formula is C12H21N3O3S. The van der Waals surface area contributed by atoms with Gasteiger partial charge in [0.25, 0.3) is 0 Å². The van der Waals surface area contributed by atoms with Gasteiger partial charge in [0.15, 0.2) is 0 Å². The molecule has 0 saturated carbocycles. The van der Waals surface area contributed by atoms with Crippen molar-refractivity contribution in [1.29, 1.82) is 0 Å². The van der Waals surface area contributed by atoms with Crippen molar-refractivity contribution in [3.05, 3.63) is 18.2 Å². The van der Waals surface area contributed by atoms with Gasteiger partial charge in [0.1, 0.15) is 0 Å². The third kappa shape index (κ3) is 4.70. The number of sulfonamides is 1. The molecule has 0 aromatic heterocycles. The number of aliphatic hydroxyl groups excluding tert-OH is 1. The van der Waals surface area contributed by atoms with Crippen molar-refractivity contribution in [1.82, 2.24) is 4.72 Å². The van der Waals surface area contributed by atoms with Crippen LogP contribution >= 0.6 is 0 Å². The summed E-state index contributed by atoms with van der Waals surface area (Å²) in [5.74, 6) is 0. The van der Waals surface area contributed by atoms with Crippen LogP contribution in [0.5, 0.6) is 0 Å². The average Bonchev–Trinajstić information content (AvgIpc) is 2.40. The molecule has 0 aliphatic heterocycles. The van der Waals surface area contributed by atoms with E-state index < -0.39 is 10.0 Å². The Morgan fingerprint density at radius 1 is 1.26 bits per heavy atom. The zero-order valence-electron chi connectivity index (χ0n) is 11.0. The van der Waals surface area contributed by atoms with Crippen LogP contribution in [0.15, 0.2) is 23.1 Å². The standard InChI is InChI=1S/C12H21N3O3S/c1-14-19(17,18)10-5-6-11(13)12(9-10)15-7-3-2-4-8-16/h5-6,9,14-16H,2-4,7-8,13H2,1H3. The number of unbranched alkanes of at least 4 members (excludes halogenated alkanes) is 2. The lowest BCUT2D eigenvalue weighted by atomic mass is 10.2. The maximum Gasteiger partial charge on any atom is 0.240 e. The van der Waals surface area contributed by atoms with E-state index in [1.807, 2.05) is 0 Å². The number of aliphatic hydroxyl groups is 1. The number of benzene rings is 1. The Hall–Kier alpha value is -1.31. The molecule has 0 heterocycles. The molecule has 0 amide bonds. The SMILES string of the molecule is CNS(=O)(=O)c1ccc(N)c(NCCCCCO)c1. The number of rotatable bonds is 8. The Bertz CT molecular complexity index is 503. The van der Waals surface area contributed by atoms with E-state index >= 15 is 0 Å². The Kier molecular flexibility index (Phi) is 6.07. The van der Waals surface area contributed by atoms with Crippen LogP contribution in [-0.4, -0.2) is 33.7 Å². The van der Waals surface area contributed by atoms with Gasteiger partial charge < -0.3 is 16.2 Å². The van der Waals surface area contributed by atoms with Crippen molar-refractivity contribution >= 4 is 21.4 Å². The molecule has 0 saturated heterocycles. The summed E-state index contributed by atoms with van der Waals surface area (Å²) < 4.78 is 25.6. The fraction of sp³-hybridized carbons (Fsp3) is 0.500. The zero-order chi connectivity index (χ0) is 14.3. The molecular weight excluding hydrogens is 266 g/mol. The molecule has 1 aromatic rings. The van der Waals surface area contributed by atoms with Crippen molar-refractivity contribution in [2.24, 2.45) is 0 Å². The largest absolute Gasteiger partial charge is 0.397 e. The summed E-state index contributed by atoms with van der Waals surface area (Å²) in [6, 6.07) is 4.56. The van der Waals surface area contributed by atoms with E-state index in [2.05, 4.69) is 10.0 Å². The molecule has 0 aliphatic rings. The number of anilines is 2. The molecule has 1 rings (SSSR count). The van der Waals surface area contributed by atoms with E-state index in [-0.39, 0.29) is 11.5 Å². The number of hydrogen-bond donors (Lipinski definition) is 4. The number of nitrogens with two attached hydrogens (primary N) is 1. The first-order chi connectivity index (χ1) is 9.01. The molecule has 0 fully saturated rings. The van der Waals surface area contributed by atoms with Crippen molar-refractivity contribution in [3.63, 3.8) is 0 Å². The lowest BCUT2D eigenvalue weighted by molar-refractivity contribution is 0.283. The maximum atomic E-state index is 11.7. The molecule has 108 valence electrons. The molecule has 0 atom stereocenters. The van der Waals surface area contributed by atoms with Crippen molar-refractivity contribution in [2.45, 2.75) is 24.2 Å². The van der Waals surface area contributed by atoms with Crippen LogP contribution in [0, 0.1) is 0 Å². The molecule has 1 aromatic carbocycles. The van der Waals surface area contributed by atoms with E-state index in [4.69, 9.17) is 10.8 Å². The van der Waals surface area contributed by atoms with Gasteiger partial charge in [0.05, 0.1) is 16.3 Å². The van der Waals surface area contributed by atoms with Gasteiger partial charge in [-0.1, -0.05) is 0 Å². The van der Waals surface area contributed by atoms with Gasteiger partial charge in [-0.15, -0.1) is 0 Å². The quantitative estimate of drug-likeness (QED) is 0.417. The summed E-state index contributed by atoms with van der Waals surface area (Å²) >= 11 is 0. The summed E-state index contributed by atoms with van der Waals surface area (Å²) in [7, 11) is -2.09. The molecule has 19 heavy (non-hydrogen) atoms. The van der Waals surface area contributed by atoms with Gasteiger partial charge in [0.2, 0.25) is 10.0 Å². The average molecular weight is 287 g/mol.